The van der Waals surface area contributed by atoms with Gasteiger partial charge in [0.25, 0.3) is 0 Å². The zero-order valence-electron chi connectivity index (χ0n) is 16.9. The molecule has 0 saturated carbocycles. The Balaban J connectivity index is 1.51. The Morgan fingerprint density at radius 1 is 0.966 bits per heavy atom. The maximum absolute atomic E-state index is 10.6. The van der Waals surface area contributed by atoms with E-state index < -0.39 is 12.2 Å². The minimum Gasteiger partial charge on any atom is -0.491 e. The van der Waals surface area contributed by atoms with Crippen molar-refractivity contribution in [1.29, 1.82) is 0 Å². The lowest BCUT2D eigenvalue weighted by Crippen LogP contribution is -3.14. The molecule has 6 heteroatoms. The third kappa shape index (κ3) is 6.30. The van der Waals surface area contributed by atoms with Gasteiger partial charge in [-0.3, -0.25) is 0 Å². The normalized spacial score (nSPS) is 14.6. The van der Waals surface area contributed by atoms with E-state index in [1.165, 1.54) is 0 Å². The van der Waals surface area contributed by atoms with Crippen molar-refractivity contribution in [1.82, 2.24) is 4.57 Å². The standard InChI is InChI=1S/C23H30N2O4/c1-18-6-8-22(9-7-18)29-17-21(28)15-24(12-13-26)14-20(27)16-25-11-10-19-4-2-3-5-23(19)25/h2-11,20-21,26-28H,12-17H2,1H3/p+1/t20-,21+/m0/s1. The average molecular weight is 400 g/mol. The summed E-state index contributed by atoms with van der Waals surface area (Å²) in [6, 6.07) is 17.8. The first-order valence-electron chi connectivity index (χ1n) is 10.1. The van der Waals surface area contributed by atoms with Crippen LogP contribution < -0.4 is 9.64 Å². The summed E-state index contributed by atoms with van der Waals surface area (Å²) >= 11 is 0. The molecule has 6 nitrogen and oxygen atoms in total. The van der Waals surface area contributed by atoms with Gasteiger partial charge in [-0.2, -0.15) is 0 Å². The second kappa shape index (κ2) is 10.4. The Bertz CT molecular complexity index is 878. The van der Waals surface area contributed by atoms with Crippen LogP contribution in [0.5, 0.6) is 5.75 Å². The number of quaternary nitrogens is 1. The number of ether oxygens (including phenoxy) is 1. The maximum atomic E-state index is 10.6. The number of aliphatic hydroxyl groups excluding tert-OH is 3. The van der Waals surface area contributed by atoms with E-state index in [1.54, 1.807) is 0 Å². The molecule has 29 heavy (non-hydrogen) atoms. The third-order valence-corrected chi connectivity index (χ3v) is 5.06. The number of aliphatic hydroxyl groups is 3. The van der Waals surface area contributed by atoms with E-state index in [2.05, 4.69) is 0 Å². The lowest BCUT2D eigenvalue weighted by Gasteiger charge is -2.24. The number of hydrogen-bond acceptors (Lipinski definition) is 4. The molecular formula is C23H31N2O4+. The fraction of sp³-hybridized carbons (Fsp3) is 0.391. The number of para-hydroxylation sites is 1. The van der Waals surface area contributed by atoms with E-state index in [0.29, 0.717) is 26.2 Å². The molecule has 0 aliphatic carbocycles. The van der Waals surface area contributed by atoms with Crippen LogP contribution in [0, 0.1) is 6.92 Å². The highest BCUT2D eigenvalue weighted by Crippen LogP contribution is 2.15. The van der Waals surface area contributed by atoms with Crippen LogP contribution in [0.2, 0.25) is 0 Å². The lowest BCUT2D eigenvalue weighted by molar-refractivity contribution is -0.906. The maximum Gasteiger partial charge on any atom is 0.137 e. The fourth-order valence-corrected chi connectivity index (χ4v) is 3.59. The van der Waals surface area contributed by atoms with Crippen LogP contribution in [0.4, 0.5) is 0 Å². The quantitative estimate of drug-likeness (QED) is 0.381. The molecule has 0 aliphatic rings. The molecular weight excluding hydrogens is 368 g/mol. The molecule has 0 bridgehead atoms. The van der Waals surface area contributed by atoms with E-state index >= 15 is 0 Å². The van der Waals surface area contributed by atoms with E-state index in [4.69, 9.17) is 4.74 Å². The van der Waals surface area contributed by atoms with Crippen LogP contribution in [0.1, 0.15) is 5.56 Å². The topological polar surface area (TPSA) is 79.3 Å². The van der Waals surface area contributed by atoms with Crippen molar-refractivity contribution < 1.29 is 25.0 Å². The van der Waals surface area contributed by atoms with Crippen LogP contribution in [0.15, 0.2) is 60.8 Å². The molecule has 1 heterocycles. The van der Waals surface area contributed by atoms with Crippen LogP contribution >= 0.6 is 0 Å². The lowest BCUT2D eigenvalue weighted by atomic mass is 10.2. The number of fused-ring (bicyclic) bond motifs is 1. The van der Waals surface area contributed by atoms with Crippen LogP contribution in [-0.2, 0) is 6.54 Å². The molecule has 1 aromatic heterocycles. The highest BCUT2D eigenvalue weighted by Gasteiger charge is 2.20. The SMILES string of the molecule is Cc1ccc(OC[C@H](O)C[NH+](CCO)C[C@H](O)Cn2ccc3ccccc32)cc1. The molecule has 0 fully saturated rings. The first kappa shape index (κ1) is 21.3. The molecule has 0 saturated heterocycles. The summed E-state index contributed by atoms with van der Waals surface area (Å²) in [5.41, 5.74) is 2.24. The monoisotopic (exact) mass is 399 g/mol. The number of hydrogen-bond donors (Lipinski definition) is 4. The Morgan fingerprint density at radius 2 is 1.69 bits per heavy atom. The molecule has 3 atom stereocenters. The predicted molar refractivity (Wildman–Crippen MR) is 113 cm³/mol. The van der Waals surface area contributed by atoms with Crippen molar-refractivity contribution in [2.24, 2.45) is 0 Å². The Hall–Kier alpha value is -2.38. The van der Waals surface area contributed by atoms with Gasteiger partial charge in [-0.05, 0) is 36.6 Å². The summed E-state index contributed by atoms with van der Waals surface area (Å²) in [4.78, 5) is 0.941. The van der Waals surface area contributed by atoms with Crippen molar-refractivity contribution in [3.05, 3.63) is 66.4 Å². The molecule has 0 aliphatic heterocycles. The van der Waals surface area contributed by atoms with E-state index in [0.717, 1.165) is 27.1 Å². The van der Waals surface area contributed by atoms with Gasteiger partial charge in [-0.25, -0.2) is 0 Å². The van der Waals surface area contributed by atoms with Crippen LogP contribution in [0.25, 0.3) is 10.9 Å². The minimum atomic E-state index is -0.683. The molecule has 1 unspecified atom stereocenters. The van der Waals surface area contributed by atoms with Gasteiger partial charge in [0.15, 0.2) is 0 Å². The Kier molecular flexibility index (Phi) is 7.66. The first-order valence-corrected chi connectivity index (χ1v) is 10.1. The van der Waals surface area contributed by atoms with Crippen LogP contribution in [0.3, 0.4) is 0 Å². The number of aryl methyl sites for hydroxylation is 1. The van der Waals surface area contributed by atoms with Crippen molar-refractivity contribution >= 4 is 10.9 Å². The molecule has 0 radical (unpaired) electrons. The number of nitrogens with zero attached hydrogens (tertiary/aromatic N) is 1. The summed E-state index contributed by atoms with van der Waals surface area (Å²) in [7, 11) is 0. The van der Waals surface area contributed by atoms with Gasteiger partial charge < -0.3 is 29.5 Å². The second-order valence-electron chi connectivity index (χ2n) is 7.59. The summed E-state index contributed by atoms with van der Waals surface area (Å²) in [5.74, 6) is 0.720. The van der Waals surface area contributed by atoms with E-state index in [1.807, 2.05) is 72.3 Å². The Labute approximate surface area is 171 Å². The number of aromatic nitrogens is 1. The van der Waals surface area contributed by atoms with Crippen LogP contribution in [-0.4, -0.2) is 64.9 Å². The zero-order chi connectivity index (χ0) is 20.6. The largest absolute Gasteiger partial charge is 0.491 e. The van der Waals surface area contributed by atoms with Crippen molar-refractivity contribution in [3.63, 3.8) is 0 Å². The summed E-state index contributed by atoms with van der Waals surface area (Å²) in [5, 5.41) is 31.5. The minimum absolute atomic E-state index is 0.0000427. The molecule has 0 spiro atoms. The first-order chi connectivity index (χ1) is 14.0. The van der Waals surface area contributed by atoms with Crippen molar-refractivity contribution in [3.8, 4) is 5.75 Å². The van der Waals surface area contributed by atoms with Gasteiger partial charge in [0.1, 0.15) is 44.2 Å². The smallest absolute Gasteiger partial charge is 0.137 e. The molecule has 3 aromatic rings. The molecule has 2 aromatic carbocycles. The number of nitrogens with one attached hydrogen (secondary N) is 1. The van der Waals surface area contributed by atoms with Gasteiger partial charge in [0.05, 0.1) is 13.2 Å². The Morgan fingerprint density at radius 3 is 2.45 bits per heavy atom. The summed E-state index contributed by atoms with van der Waals surface area (Å²) in [6.45, 7) is 3.96. The third-order valence-electron chi connectivity index (χ3n) is 5.06. The van der Waals surface area contributed by atoms with Gasteiger partial charge in [-0.15, -0.1) is 0 Å². The number of benzene rings is 2. The average Bonchev–Trinajstić information content (AvgIpc) is 3.10. The molecule has 3 rings (SSSR count). The molecule has 156 valence electrons. The van der Waals surface area contributed by atoms with Gasteiger partial charge >= 0.3 is 0 Å². The predicted octanol–water partition coefficient (Wildman–Crippen LogP) is 0.628. The van der Waals surface area contributed by atoms with Crippen molar-refractivity contribution in [2.75, 3.05) is 32.8 Å². The highest BCUT2D eigenvalue weighted by atomic mass is 16.5. The van der Waals surface area contributed by atoms with Gasteiger partial charge in [0.2, 0.25) is 0 Å². The van der Waals surface area contributed by atoms with Gasteiger partial charge in [0, 0.05) is 11.7 Å². The van der Waals surface area contributed by atoms with Gasteiger partial charge in [-0.1, -0.05) is 35.9 Å². The molecule has 4 N–H and O–H groups in total. The second-order valence-corrected chi connectivity index (χ2v) is 7.59. The van der Waals surface area contributed by atoms with Crippen molar-refractivity contribution in [2.45, 2.75) is 25.7 Å². The highest BCUT2D eigenvalue weighted by molar-refractivity contribution is 5.79. The van der Waals surface area contributed by atoms with E-state index in [-0.39, 0.29) is 13.2 Å². The number of rotatable bonds is 11. The van der Waals surface area contributed by atoms with E-state index in [9.17, 15) is 15.3 Å². The fourth-order valence-electron chi connectivity index (χ4n) is 3.59. The summed E-state index contributed by atoms with van der Waals surface area (Å²) < 4.78 is 7.68. The summed E-state index contributed by atoms with van der Waals surface area (Å²) in [6.07, 6.45) is 0.708. The molecule has 0 amide bonds. The zero-order valence-corrected chi connectivity index (χ0v) is 16.9.